The summed E-state index contributed by atoms with van der Waals surface area (Å²) >= 11 is 0. The van der Waals surface area contributed by atoms with Gasteiger partial charge in [-0.1, -0.05) is 24.3 Å². The number of aliphatic carboxylic acids is 1. The summed E-state index contributed by atoms with van der Waals surface area (Å²) in [5, 5.41) is 12.2. The van der Waals surface area contributed by atoms with Crippen LogP contribution in [0.1, 0.15) is 42.4 Å². The number of hydrogen-bond donors (Lipinski definition) is 3. The molecule has 0 saturated carbocycles. The molecule has 1 aromatic heterocycles. The Labute approximate surface area is 309 Å². The third kappa shape index (κ3) is 8.36. The van der Waals surface area contributed by atoms with Gasteiger partial charge in [0.25, 0.3) is 11.9 Å². The monoisotopic (exact) mass is 730 g/mol. The van der Waals surface area contributed by atoms with Crippen LogP contribution in [0.25, 0.3) is 11.0 Å². The zero-order chi connectivity index (χ0) is 37.1. The number of nitrogens with zero attached hydrogens (tertiary/aromatic N) is 6. The molecule has 2 aromatic carbocycles. The van der Waals surface area contributed by atoms with E-state index in [0.29, 0.717) is 70.7 Å². The van der Waals surface area contributed by atoms with Crippen LogP contribution >= 0.6 is 0 Å². The highest BCUT2D eigenvalue weighted by molar-refractivity contribution is 5.91. The number of nitrogens with one attached hydrogen (secondary N) is 2. The number of aromatic amines is 1. The van der Waals surface area contributed by atoms with Crippen molar-refractivity contribution in [3.8, 4) is 6.01 Å². The minimum atomic E-state index is -1.03. The minimum Gasteiger partial charge on any atom is -0.480 e. The van der Waals surface area contributed by atoms with E-state index in [4.69, 9.17) is 14.6 Å². The van der Waals surface area contributed by atoms with Gasteiger partial charge >= 0.3 is 18.1 Å². The molecule has 4 amide bonds. The lowest BCUT2D eigenvalue weighted by Crippen LogP contribution is -2.56. The second-order valence-corrected chi connectivity index (χ2v) is 14.6. The number of piperazine rings is 1. The van der Waals surface area contributed by atoms with E-state index >= 15 is 0 Å². The molecule has 0 spiro atoms. The van der Waals surface area contributed by atoms with Gasteiger partial charge in [0.1, 0.15) is 0 Å². The summed E-state index contributed by atoms with van der Waals surface area (Å²) in [6.07, 6.45) is 2.44. The molecular weight excluding hydrogens is 680 g/mol. The highest BCUT2D eigenvalue weighted by Gasteiger charge is 2.36. The number of fused-ring (bicyclic) bond motifs is 2. The predicted octanol–water partition coefficient (Wildman–Crippen LogP) is 3.18. The maximum atomic E-state index is 14.2. The number of aryl methyl sites for hydroxylation is 1. The Balaban J connectivity index is 0.995. The van der Waals surface area contributed by atoms with Gasteiger partial charge < -0.3 is 39.6 Å². The Bertz CT molecular complexity index is 1810. The van der Waals surface area contributed by atoms with E-state index in [1.54, 1.807) is 16.9 Å². The molecule has 3 aromatic rings. The van der Waals surface area contributed by atoms with Gasteiger partial charge in [-0.2, -0.15) is 4.98 Å². The summed E-state index contributed by atoms with van der Waals surface area (Å²) in [6.45, 7) is 7.41. The Morgan fingerprint density at radius 1 is 0.925 bits per heavy atom. The van der Waals surface area contributed by atoms with Crippen molar-refractivity contribution in [3.05, 3.63) is 53.1 Å². The van der Waals surface area contributed by atoms with Crippen molar-refractivity contribution in [3.63, 3.8) is 0 Å². The topological polar surface area (TPSA) is 164 Å². The molecule has 4 aliphatic rings. The fraction of sp³-hybridized carbons (Fsp3) is 0.553. The molecule has 4 aliphatic heterocycles. The van der Waals surface area contributed by atoms with Gasteiger partial charge in [-0.05, 0) is 67.9 Å². The number of imidazole rings is 1. The number of hydrogen-bond acceptors (Lipinski definition) is 9. The number of carbonyl (C=O) groups excluding carboxylic acids is 3. The Hall–Kier alpha value is -4.89. The van der Waals surface area contributed by atoms with Crippen LogP contribution in [0.3, 0.4) is 0 Å². The van der Waals surface area contributed by atoms with E-state index in [2.05, 4.69) is 20.2 Å². The lowest BCUT2D eigenvalue weighted by Gasteiger charge is -2.43. The lowest BCUT2D eigenvalue weighted by molar-refractivity contribution is -0.143. The van der Waals surface area contributed by atoms with E-state index < -0.39 is 18.2 Å². The number of piperidine rings is 2. The molecule has 1 atom stereocenters. The zero-order valence-corrected chi connectivity index (χ0v) is 30.6. The van der Waals surface area contributed by atoms with Crippen molar-refractivity contribution in [1.82, 2.24) is 34.5 Å². The van der Waals surface area contributed by atoms with E-state index in [1.807, 2.05) is 53.1 Å². The number of aromatic nitrogens is 2. The molecule has 284 valence electrons. The molecule has 15 nitrogen and oxygen atoms in total. The first-order chi connectivity index (χ1) is 25.6. The highest BCUT2D eigenvalue weighted by atomic mass is 16.6. The van der Waals surface area contributed by atoms with E-state index in [0.717, 1.165) is 65.8 Å². The number of carboxylic acid groups (broad SMARTS) is 1. The van der Waals surface area contributed by atoms with Gasteiger partial charge in [-0.25, -0.2) is 9.59 Å². The number of amides is 4. The fourth-order valence-electron chi connectivity index (χ4n) is 8.39. The van der Waals surface area contributed by atoms with Crippen LogP contribution in [-0.2, 0) is 27.2 Å². The second-order valence-electron chi connectivity index (χ2n) is 14.6. The molecule has 7 rings (SSSR count). The number of para-hydroxylation sites is 1. The number of carboxylic acids is 1. The average Bonchev–Trinajstić information content (AvgIpc) is 3.51. The van der Waals surface area contributed by atoms with Crippen molar-refractivity contribution in [2.24, 2.45) is 0 Å². The van der Waals surface area contributed by atoms with Gasteiger partial charge in [-0.15, -0.1) is 0 Å². The molecule has 0 bridgehead atoms. The molecule has 0 radical (unpaired) electrons. The number of carbonyl (C=O) groups is 4. The number of anilines is 1. The van der Waals surface area contributed by atoms with Crippen molar-refractivity contribution >= 4 is 40.7 Å². The predicted molar refractivity (Wildman–Crippen MR) is 197 cm³/mol. The molecular formula is C38H50N8O7. The molecule has 5 heterocycles. The van der Waals surface area contributed by atoms with E-state index in [9.17, 15) is 19.2 Å². The Morgan fingerprint density at radius 2 is 1.64 bits per heavy atom. The van der Waals surface area contributed by atoms with E-state index in [1.165, 1.54) is 0 Å². The van der Waals surface area contributed by atoms with Crippen molar-refractivity contribution in [1.29, 1.82) is 0 Å². The highest BCUT2D eigenvalue weighted by Crippen LogP contribution is 2.27. The number of methoxy groups -OCH3 is 1. The summed E-state index contributed by atoms with van der Waals surface area (Å²) in [7, 11) is 1.55. The molecule has 15 heteroatoms. The molecule has 53 heavy (non-hydrogen) atoms. The van der Waals surface area contributed by atoms with Crippen LogP contribution in [0.4, 0.5) is 15.3 Å². The summed E-state index contributed by atoms with van der Waals surface area (Å²) < 4.78 is 11.4. The molecule has 3 saturated heterocycles. The van der Waals surface area contributed by atoms with Gasteiger partial charge in [0.05, 0.1) is 24.7 Å². The summed E-state index contributed by atoms with van der Waals surface area (Å²) in [5.41, 5.74) is 5.27. The average molecular weight is 731 g/mol. The third-order valence-corrected chi connectivity index (χ3v) is 11.3. The summed E-state index contributed by atoms with van der Waals surface area (Å²) in [5.74, 6) is -1.02. The van der Waals surface area contributed by atoms with Crippen molar-refractivity contribution < 1.29 is 33.8 Å². The van der Waals surface area contributed by atoms with Crippen molar-refractivity contribution in [2.75, 3.05) is 77.9 Å². The first-order valence-electron chi connectivity index (χ1n) is 18.8. The number of rotatable bonds is 9. The number of H-pyrrole nitrogens is 1. The maximum Gasteiger partial charge on any atom is 0.410 e. The van der Waals surface area contributed by atoms with E-state index in [-0.39, 0.29) is 30.9 Å². The molecule has 3 fully saturated rings. The SMILES string of the molecule is COc1nc2c(C)cc(C[C@@H](OC(=O)N3CCC(N4CCc5ccccc5NC4=O)CC3)C(=O)N3CCN(C4CCN(CC(=O)O)CC4)CC3)cc2[nH]1. The Morgan fingerprint density at radius 3 is 2.36 bits per heavy atom. The maximum absolute atomic E-state index is 14.2. The third-order valence-electron chi connectivity index (χ3n) is 11.3. The smallest absolute Gasteiger partial charge is 0.410 e. The molecule has 0 unspecified atom stereocenters. The number of benzene rings is 2. The lowest BCUT2D eigenvalue weighted by atomic mass is 10.0. The largest absolute Gasteiger partial charge is 0.480 e. The van der Waals surface area contributed by atoms with Gasteiger partial charge in [-0.3, -0.25) is 19.4 Å². The number of urea groups is 1. The fourth-order valence-corrected chi connectivity index (χ4v) is 8.39. The van der Waals surface area contributed by atoms with Crippen LogP contribution in [0.2, 0.25) is 0 Å². The van der Waals surface area contributed by atoms with Crippen molar-refractivity contribution in [2.45, 2.75) is 63.6 Å². The standard InChI is InChI=1S/C38H50N8O7/c1-25-21-26(22-31-34(25)41-36(39-31)52-2)23-32(35(49)44-19-17-43(18-20-44)28-8-12-42(13-9-28)24-33(47)48)53-38(51)45-14-10-29(11-15-45)46-16-7-27-5-3-4-6-30(27)40-37(46)50/h3-6,21-22,28-29,32H,7-20,23-24H2,1-2H3,(H,39,41)(H,40,50)(H,47,48)/t32-/m1/s1. The van der Waals surface area contributed by atoms with Gasteiger partial charge in [0.2, 0.25) is 0 Å². The Kier molecular flexibility index (Phi) is 11.0. The first kappa shape index (κ1) is 36.5. The molecule has 3 N–H and O–H groups in total. The zero-order valence-electron chi connectivity index (χ0n) is 30.6. The second kappa shape index (κ2) is 16.0. The quantitative estimate of drug-likeness (QED) is 0.298. The van der Waals surface area contributed by atoms with Crippen LogP contribution < -0.4 is 10.1 Å². The molecule has 0 aliphatic carbocycles. The van der Waals surface area contributed by atoms with Crippen LogP contribution in [0.15, 0.2) is 36.4 Å². The van der Waals surface area contributed by atoms with Gasteiger partial charge in [0.15, 0.2) is 6.10 Å². The normalized spacial score (nSPS) is 20.1. The van der Waals surface area contributed by atoms with Gasteiger partial charge in [0, 0.05) is 83.1 Å². The number of likely N-dealkylation sites (tertiary alicyclic amines) is 2. The summed E-state index contributed by atoms with van der Waals surface area (Å²) in [6, 6.07) is 12.4. The summed E-state index contributed by atoms with van der Waals surface area (Å²) in [4.78, 5) is 69.7. The van der Waals surface area contributed by atoms with Crippen LogP contribution in [0.5, 0.6) is 6.01 Å². The van der Waals surface area contributed by atoms with Crippen LogP contribution in [0, 0.1) is 6.92 Å². The van der Waals surface area contributed by atoms with Crippen LogP contribution in [-0.4, -0.2) is 154 Å². The minimum absolute atomic E-state index is 0.00686. The number of ether oxygens (including phenoxy) is 2. The first-order valence-corrected chi connectivity index (χ1v) is 18.8.